The van der Waals surface area contributed by atoms with Crippen LogP contribution in [0.3, 0.4) is 0 Å². The maximum atomic E-state index is 13.5. The Balaban J connectivity index is 1.73. The number of hydrogen-bond acceptors (Lipinski definition) is 1. The SMILES string of the molecule is Cn1cc(C2C3=C(CCCC3)C(=O)N2c2ccc(F)cc2)c2ccccc21. The van der Waals surface area contributed by atoms with Gasteiger partial charge < -0.3 is 4.57 Å². The van der Waals surface area contributed by atoms with Crippen molar-refractivity contribution >= 4 is 22.5 Å². The lowest BCUT2D eigenvalue weighted by Gasteiger charge is -2.27. The van der Waals surface area contributed by atoms with E-state index in [-0.39, 0.29) is 17.8 Å². The van der Waals surface area contributed by atoms with Crippen molar-refractivity contribution in [2.24, 2.45) is 7.05 Å². The first-order valence-corrected chi connectivity index (χ1v) is 9.50. The zero-order valence-electron chi connectivity index (χ0n) is 15.3. The summed E-state index contributed by atoms with van der Waals surface area (Å²) < 4.78 is 15.6. The van der Waals surface area contributed by atoms with E-state index < -0.39 is 0 Å². The van der Waals surface area contributed by atoms with Gasteiger partial charge in [0.1, 0.15) is 5.82 Å². The fraction of sp³-hybridized carbons (Fsp3) is 0.261. The molecule has 0 fully saturated rings. The molecule has 0 radical (unpaired) electrons. The van der Waals surface area contributed by atoms with Crippen LogP contribution in [0.5, 0.6) is 0 Å². The topological polar surface area (TPSA) is 25.2 Å². The number of carbonyl (C=O) groups is 1. The Morgan fingerprint density at radius 2 is 1.74 bits per heavy atom. The molecule has 136 valence electrons. The summed E-state index contributed by atoms with van der Waals surface area (Å²) in [5.74, 6) is -0.209. The molecule has 0 N–H and O–H groups in total. The van der Waals surface area contributed by atoms with Gasteiger partial charge >= 0.3 is 0 Å². The predicted octanol–water partition coefficient (Wildman–Crippen LogP) is 5.28. The van der Waals surface area contributed by atoms with Gasteiger partial charge in [-0.25, -0.2) is 4.39 Å². The highest BCUT2D eigenvalue weighted by molar-refractivity contribution is 6.11. The number of anilines is 1. The largest absolute Gasteiger partial charge is 0.350 e. The Morgan fingerprint density at radius 1 is 1.00 bits per heavy atom. The molecule has 0 bridgehead atoms. The van der Waals surface area contributed by atoms with Crippen LogP contribution in [0, 0.1) is 5.82 Å². The minimum absolute atomic E-state index is 0.0780. The van der Waals surface area contributed by atoms with Gasteiger partial charge in [-0.3, -0.25) is 9.69 Å². The normalized spacial score (nSPS) is 19.9. The number of fused-ring (bicyclic) bond motifs is 1. The lowest BCUT2D eigenvalue weighted by atomic mass is 9.87. The van der Waals surface area contributed by atoms with Crippen molar-refractivity contribution in [1.29, 1.82) is 0 Å². The third-order valence-electron chi connectivity index (χ3n) is 5.90. The van der Waals surface area contributed by atoms with Crippen molar-refractivity contribution in [1.82, 2.24) is 4.57 Å². The van der Waals surface area contributed by atoms with E-state index in [1.807, 2.05) is 24.1 Å². The number of halogens is 1. The molecule has 1 unspecified atom stereocenters. The molecule has 2 aliphatic rings. The molecule has 3 aromatic rings. The van der Waals surface area contributed by atoms with E-state index in [9.17, 15) is 9.18 Å². The van der Waals surface area contributed by atoms with E-state index in [1.165, 1.54) is 23.1 Å². The molecule has 1 amide bonds. The van der Waals surface area contributed by atoms with E-state index in [4.69, 9.17) is 0 Å². The summed E-state index contributed by atoms with van der Waals surface area (Å²) in [7, 11) is 2.04. The Bertz CT molecular complexity index is 1080. The smallest absolute Gasteiger partial charge is 0.255 e. The average molecular weight is 360 g/mol. The fourth-order valence-corrected chi connectivity index (χ4v) is 4.68. The van der Waals surface area contributed by atoms with Gasteiger partial charge in [0.2, 0.25) is 0 Å². The Kier molecular flexibility index (Phi) is 3.67. The quantitative estimate of drug-likeness (QED) is 0.611. The minimum Gasteiger partial charge on any atom is -0.350 e. The highest BCUT2D eigenvalue weighted by atomic mass is 19.1. The Hall–Kier alpha value is -2.88. The number of rotatable bonds is 2. The molecule has 1 aliphatic heterocycles. The summed E-state index contributed by atoms with van der Waals surface area (Å²) in [4.78, 5) is 15.2. The molecule has 27 heavy (non-hydrogen) atoms. The first kappa shape index (κ1) is 16.3. The number of amides is 1. The van der Waals surface area contributed by atoms with Crippen molar-refractivity contribution < 1.29 is 9.18 Å². The molecule has 1 aliphatic carbocycles. The Morgan fingerprint density at radius 3 is 2.56 bits per heavy atom. The van der Waals surface area contributed by atoms with Crippen LogP contribution in [0.15, 0.2) is 65.9 Å². The molecule has 0 saturated carbocycles. The average Bonchev–Trinajstić information content (AvgIpc) is 3.18. The van der Waals surface area contributed by atoms with E-state index in [2.05, 4.69) is 22.9 Å². The third kappa shape index (κ3) is 2.43. The maximum absolute atomic E-state index is 13.5. The van der Waals surface area contributed by atoms with E-state index >= 15 is 0 Å². The molecule has 2 aromatic carbocycles. The summed E-state index contributed by atoms with van der Waals surface area (Å²) >= 11 is 0. The highest BCUT2D eigenvalue weighted by Crippen LogP contribution is 2.48. The van der Waals surface area contributed by atoms with Gasteiger partial charge in [0.15, 0.2) is 0 Å². The molecular formula is C23H21FN2O. The second kappa shape index (κ2) is 6.08. The van der Waals surface area contributed by atoms with Gasteiger partial charge in [-0.1, -0.05) is 18.2 Å². The second-order valence-corrected chi connectivity index (χ2v) is 7.48. The summed E-state index contributed by atoms with van der Waals surface area (Å²) in [5, 5.41) is 1.17. The van der Waals surface area contributed by atoms with Crippen LogP contribution < -0.4 is 4.90 Å². The lowest BCUT2D eigenvalue weighted by molar-refractivity contribution is -0.115. The standard InChI is InChI=1S/C23H21FN2O/c1-25-14-20(17-6-4-5-9-21(17)25)22-18-7-2-3-8-19(18)23(27)26(22)16-12-10-15(24)11-13-16/h4-6,9-14,22H,2-3,7-8H2,1H3. The number of benzene rings is 2. The van der Waals surface area contributed by atoms with Crippen molar-refractivity contribution in [3.63, 3.8) is 0 Å². The van der Waals surface area contributed by atoms with Crippen LogP contribution in [0.4, 0.5) is 10.1 Å². The summed E-state index contributed by atoms with van der Waals surface area (Å²) in [6, 6.07) is 14.5. The van der Waals surface area contributed by atoms with Crippen molar-refractivity contribution in [3.05, 3.63) is 77.3 Å². The molecular weight excluding hydrogens is 339 g/mol. The molecule has 0 spiro atoms. The lowest BCUT2D eigenvalue weighted by Crippen LogP contribution is -2.30. The van der Waals surface area contributed by atoms with Crippen LogP contribution in [-0.2, 0) is 11.8 Å². The van der Waals surface area contributed by atoms with Gasteiger partial charge in [0.25, 0.3) is 5.91 Å². The van der Waals surface area contributed by atoms with Crippen LogP contribution >= 0.6 is 0 Å². The molecule has 2 heterocycles. The van der Waals surface area contributed by atoms with Gasteiger partial charge in [-0.05, 0) is 61.6 Å². The third-order valence-corrected chi connectivity index (χ3v) is 5.90. The van der Waals surface area contributed by atoms with Crippen molar-refractivity contribution in [3.8, 4) is 0 Å². The second-order valence-electron chi connectivity index (χ2n) is 7.48. The molecule has 3 nitrogen and oxygen atoms in total. The Labute approximate surface area is 157 Å². The minimum atomic E-state index is -0.287. The van der Waals surface area contributed by atoms with Crippen LogP contribution in [0.25, 0.3) is 10.9 Å². The number of nitrogens with zero attached hydrogens (tertiary/aromatic N) is 2. The van der Waals surface area contributed by atoms with Gasteiger partial charge in [-0.2, -0.15) is 0 Å². The predicted molar refractivity (Wildman–Crippen MR) is 105 cm³/mol. The van der Waals surface area contributed by atoms with E-state index in [0.717, 1.165) is 48.0 Å². The summed E-state index contributed by atoms with van der Waals surface area (Å²) in [6.07, 6.45) is 6.11. The monoisotopic (exact) mass is 360 g/mol. The van der Waals surface area contributed by atoms with E-state index in [1.54, 1.807) is 12.1 Å². The summed E-state index contributed by atoms with van der Waals surface area (Å²) in [6.45, 7) is 0. The number of aromatic nitrogens is 1. The van der Waals surface area contributed by atoms with Crippen LogP contribution in [0.1, 0.15) is 37.3 Å². The number of carbonyl (C=O) groups excluding carboxylic acids is 1. The maximum Gasteiger partial charge on any atom is 0.255 e. The molecule has 4 heteroatoms. The number of hydrogen-bond donors (Lipinski definition) is 0. The highest BCUT2D eigenvalue weighted by Gasteiger charge is 2.42. The molecule has 1 atom stereocenters. The number of para-hydroxylation sites is 1. The first-order valence-electron chi connectivity index (χ1n) is 9.50. The number of aryl methyl sites for hydroxylation is 1. The van der Waals surface area contributed by atoms with E-state index in [0.29, 0.717) is 0 Å². The van der Waals surface area contributed by atoms with Crippen molar-refractivity contribution in [2.45, 2.75) is 31.7 Å². The zero-order chi connectivity index (χ0) is 18.5. The first-order chi connectivity index (χ1) is 13.1. The fourth-order valence-electron chi connectivity index (χ4n) is 4.68. The van der Waals surface area contributed by atoms with Crippen LogP contribution in [-0.4, -0.2) is 10.5 Å². The van der Waals surface area contributed by atoms with Gasteiger partial charge in [-0.15, -0.1) is 0 Å². The summed E-state index contributed by atoms with van der Waals surface area (Å²) in [5.41, 5.74) is 5.27. The molecule has 1 aromatic heterocycles. The molecule has 0 saturated heterocycles. The zero-order valence-corrected chi connectivity index (χ0v) is 15.3. The van der Waals surface area contributed by atoms with Crippen molar-refractivity contribution in [2.75, 3.05) is 4.90 Å². The molecule has 5 rings (SSSR count). The van der Waals surface area contributed by atoms with Crippen LogP contribution in [0.2, 0.25) is 0 Å². The van der Waals surface area contributed by atoms with Gasteiger partial charge in [0.05, 0.1) is 6.04 Å². The van der Waals surface area contributed by atoms with Gasteiger partial charge in [0, 0.05) is 41.0 Å².